The van der Waals surface area contributed by atoms with E-state index in [1.807, 2.05) is 0 Å². The second-order valence-corrected chi connectivity index (χ2v) is 3.62. The van der Waals surface area contributed by atoms with Gasteiger partial charge in [-0.05, 0) is 19.3 Å². The highest BCUT2D eigenvalue weighted by atomic mass is 35.5. The first kappa shape index (κ1) is 7.22. The van der Waals surface area contributed by atoms with E-state index in [1.54, 1.807) is 0 Å². The van der Waals surface area contributed by atoms with Crippen LogP contribution in [0.1, 0.15) is 19.3 Å². The SMILES string of the molecule is O=C1NC2C(Cl)CCCC2O1. The molecule has 0 aromatic carbocycles. The van der Waals surface area contributed by atoms with E-state index in [2.05, 4.69) is 5.32 Å². The minimum absolute atomic E-state index is 0.0266. The van der Waals surface area contributed by atoms with Gasteiger partial charge < -0.3 is 10.1 Å². The number of amides is 1. The van der Waals surface area contributed by atoms with Crippen LogP contribution in [0.15, 0.2) is 0 Å². The molecule has 1 saturated carbocycles. The summed E-state index contributed by atoms with van der Waals surface area (Å²) in [7, 11) is 0. The van der Waals surface area contributed by atoms with Crippen LogP contribution >= 0.6 is 11.6 Å². The van der Waals surface area contributed by atoms with Crippen LogP contribution in [0.4, 0.5) is 4.79 Å². The topological polar surface area (TPSA) is 38.3 Å². The third kappa shape index (κ3) is 1.18. The van der Waals surface area contributed by atoms with Gasteiger partial charge in [0, 0.05) is 0 Å². The zero-order valence-corrected chi connectivity index (χ0v) is 6.80. The van der Waals surface area contributed by atoms with Crippen LogP contribution in [0.25, 0.3) is 0 Å². The Kier molecular flexibility index (Phi) is 1.68. The first-order valence-electron chi connectivity index (χ1n) is 3.88. The molecule has 1 aliphatic carbocycles. The molecule has 4 heteroatoms. The first-order chi connectivity index (χ1) is 5.27. The summed E-state index contributed by atoms with van der Waals surface area (Å²) < 4.78 is 5.00. The smallest absolute Gasteiger partial charge is 0.407 e. The molecule has 3 atom stereocenters. The number of halogens is 1. The molecule has 1 N–H and O–H groups in total. The first-order valence-corrected chi connectivity index (χ1v) is 4.32. The van der Waals surface area contributed by atoms with E-state index in [1.165, 1.54) is 0 Å². The molecular weight excluding hydrogens is 166 g/mol. The second kappa shape index (κ2) is 2.55. The van der Waals surface area contributed by atoms with Gasteiger partial charge >= 0.3 is 6.09 Å². The van der Waals surface area contributed by atoms with Crippen molar-refractivity contribution in [3.05, 3.63) is 0 Å². The van der Waals surface area contributed by atoms with Gasteiger partial charge in [0.2, 0.25) is 0 Å². The van der Waals surface area contributed by atoms with Crippen LogP contribution in [0, 0.1) is 0 Å². The Morgan fingerprint density at radius 1 is 1.55 bits per heavy atom. The lowest BCUT2D eigenvalue weighted by Gasteiger charge is -2.26. The Labute approximate surface area is 70.0 Å². The van der Waals surface area contributed by atoms with Gasteiger partial charge in [-0.25, -0.2) is 4.79 Å². The summed E-state index contributed by atoms with van der Waals surface area (Å²) in [6.07, 6.45) is 2.70. The lowest BCUT2D eigenvalue weighted by Crippen LogP contribution is -2.42. The summed E-state index contributed by atoms with van der Waals surface area (Å²) >= 11 is 5.99. The van der Waals surface area contributed by atoms with Crippen LogP contribution in [0.2, 0.25) is 0 Å². The number of ether oxygens (including phenoxy) is 1. The molecule has 3 nitrogen and oxygen atoms in total. The monoisotopic (exact) mass is 175 g/mol. The van der Waals surface area contributed by atoms with Crippen molar-refractivity contribution in [1.82, 2.24) is 5.32 Å². The van der Waals surface area contributed by atoms with Crippen molar-refractivity contribution < 1.29 is 9.53 Å². The van der Waals surface area contributed by atoms with E-state index in [0.29, 0.717) is 0 Å². The van der Waals surface area contributed by atoms with Gasteiger partial charge in [-0.1, -0.05) is 0 Å². The number of carbonyl (C=O) groups excluding carboxylic acids is 1. The number of carbonyl (C=O) groups is 1. The van der Waals surface area contributed by atoms with Crippen molar-refractivity contribution in [2.75, 3.05) is 0 Å². The number of alkyl carbamates (subject to hydrolysis) is 1. The molecule has 2 rings (SSSR count). The Morgan fingerprint density at radius 3 is 3.09 bits per heavy atom. The van der Waals surface area contributed by atoms with Crippen molar-refractivity contribution in [1.29, 1.82) is 0 Å². The summed E-state index contributed by atoms with van der Waals surface area (Å²) in [4.78, 5) is 10.8. The summed E-state index contributed by atoms with van der Waals surface area (Å²) in [6, 6.07) is 0.0536. The molecule has 1 heterocycles. The molecule has 0 radical (unpaired) electrons. The lowest BCUT2D eigenvalue weighted by atomic mass is 9.93. The predicted octanol–water partition coefficient (Wildman–Crippen LogP) is 1.25. The number of hydrogen-bond acceptors (Lipinski definition) is 2. The standard InChI is InChI=1S/C7H10ClNO2/c8-4-2-1-3-5-6(4)9-7(10)11-5/h4-6H,1-3H2,(H,9,10). The number of nitrogens with one attached hydrogen (secondary N) is 1. The van der Waals surface area contributed by atoms with Crippen molar-refractivity contribution in [2.45, 2.75) is 36.8 Å². The van der Waals surface area contributed by atoms with E-state index < -0.39 is 0 Å². The molecule has 1 aliphatic heterocycles. The molecule has 1 saturated heterocycles. The molecule has 0 aromatic rings. The fourth-order valence-corrected chi connectivity index (χ4v) is 2.11. The Morgan fingerprint density at radius 2 is 2.36 bits per heavy atom. The van der Waals surface area contributed by atoms with E-state index in [4.69, 9.17) is 16.3 Å². The summed E-state index contributed by atoms with van der Waals surface area (Å²) in [6.45, 7) is 0. The van der Waals surface area contributed by atoms with Crippen LogP contribution in [-0.2, 0) is 4.74 Å². The van der Waals surface area contributed by atoms with Crippen LogP contribution in [0.3, 0.4) is 0 Å². The third-order valence-corrected chi connectivity index (χ3v) is 2.79. The highest BCUT2D eigenvalue weighted by molar-refractivity contribution is 6.21. The molecule has 3 unspecified atom stereocenters. The molecule has 2 aliphatic rings. The van der Waals surface area contributed by atoms with E-state index >= 15 is 0 Å². The van der Waals surface area contributed by atoms with Gasteiger partial charge in [-0.2, -0.15) is 0 Å². The van der Waals surface area contributed by atoms with Crippen molar-refractivity contribution in [2.24, 2.45) is 0 Å². The summed E-state index contributed by atoms with van der Waals surface area (Å²) in [5.74, 6) is 0. The van der Waals surface area contributed by atoms with E-state index in [9.17, 15) is 4.79 Å². The number of rotatable bonds is 0. The third-order valence-electron chi connectivity index (χ3n) is 2.30. The van der Waals surface area contributed by atoms with Gasteiger partial charge in [0.25, 0.3) is 0 Å². The number of hydrogen-bond donors (Lipinski definition) is 1. The van der Waals surface area contributed by atoms with E-state index in [0.717, 1.165) is 19.3 Å². The Bertz CT molecular complexity index is 185. The number of alkyl halides is 1. The van der Waals surface area contributed by atoms with Gasteiger partial charge in [0.15, 0.2) is 0 Å². The van der Waals surface area contributed by atoms with Crippen LogP contribution < -0.4 is 5.32 Å². The number of fused-ring (bicyclic) bond motifs is 1. The van der Waals surface area contributed by atoms with Crippen molar-refractivity contribution in [3.63, 3.8) is 0 Å². The van der Waals surface area contributed by atoms with Crippen molar-refractivity contribution in [3.8, 4) is 0 Å². The van der Waals surface area contributed by atoms with Gasteiger partial charge in [-0.15, -0.1) is 11.6 Å². The average molecular weight is 176 g/mol. The molecule has 1 amide bonds. The van der Waals surface area contributed by atoms with Gasteiger partial charge in [0.05, 0.1) is 11.4 Å². The normalized spacial score (nSPS) is 42.6. The summed E-state index contributed by atoms with van der Waals surface area (Å²) in [5, 5.41) is 2.77. The predicted molar refractivity (Wildman–Crippen MR) is 40.7 cm³/mol. The van der Waals surface area contributed by atoms with Crippen LogP contribution in [-0.4, -0.2) is 23.6 Å². The molecule has 11 heavy (non-hydrogen) atoms. The average Bonchev–Trinajstić information content (AvgIpc) is 2.31. The zero-order valence-electron chi connectivity index (χ0n) is 6.05. The largest absolute Gasteiger partial charge is 0.444 e. The minimum Gasteiger partial charge on any atom is -0.444 e. The second-order valence-electron chi connectivity index (χ2n) is 3.06. The summed E-state index contributed by atoms with van der Waals surface area (Å²) in [5.41, 5.74) is 0. The van der Waals surface area contributed by atoms with Crippen LogP contribution in [0.5, 0.6) is 0 Å². The molecule has 0 spiro atoms. The fraction of sp³-hybridized carbons (Fsp3) is 0.857. The van der Waals surface area contributed by atoms with Crippen molar-refractivity contribution >= 4 is 17.7 Å². The quantitative estimate of drug-likeness (QED) is 0.563. The fourth-order valence-electron chi connectivity index (χ4n) is 1.73. The molecule has 62 valence electrons. The molecular formula is C7H10ClNO2. The zero-order chi connectivity index (χ0) is 7.84. The highest BCUT2D eigenvalue weighted by Gasteiger charge is 2.40. The maximum atomic E-state index is 10.8. The Balaban J connectivity index is 2.09. The minimum atomic E-state index is -0.312. The van der Waals surface area contributed by atoms with Gasteiger partial charge in [0.1, 0.15) is 6.10 Å². The molecule has 2 fully saturated rings. The maximum absolute atomic E-state index is 10.8. The lowest BCUT2D eigenvalue weighted by molar-refractivity contribution is 0.114. The Hall–Kier alpha value is -0.440. The molecule has 0 aromatic heterocycles. The maximum Gasteiger partial charge on any atom is 0.407 e. The van der Waals surface area contributed by atoms with Gasteiger partial charge in [-0.3, -0.25) is 0 Å². The highest BCUT2D eigenvalue weighted by Crippen LogP contribution is 2.28. The van der Waals surface area contributed by atoms with E-state index in [-0.39, 0.29) is 23.6 Å². The molecule has 0 bridgehead atoms.